The smallest absolute Gasteiger partial charge is 0.253 e. The first-order valence-electron chi connectivity index (χ1n) is 7.87. The third-order valence-electron chi connectivity index (χ3n) is 4.62. The first-order chi connectivity index (χ1) is 10.1. The second-order valence-corrected chi connectivity index (χ2v) is 5.92. The zero-order chi connectivity index (χ0) is 15.4. The molecule has 1 heterocycles. The van der Waals surface area contributed by atoms with Gasteiger partial charge in [0, 0.05) is 44.3 Å². The fourth-order valence-electron chi connectivity index (χ4n) is 2.92. The lowest BCUT2D eigenvalue weighted by atomic mass is 10.1. The van der Waals surface area contributed by atoms with Crippen LogP contribution in [0.3, 0.4) is 0 Å². The molecule has 0 radical (unpaired) electrons. The van der Waals surface area contributed by atoms with Gasteiger partial charge in [0.1, 0.15) is 0 Å². The molecule has 1 atom stereocenters. The number of nitrogens with two attached hydrogens (primary N) is 1. The van der Waals surface area contributed by atoms with Crippen LogP contribution in [0, 0.1) is 13.8 Å². The van der Waals surface area contributed by atoms with E-state index in [4.69, 9.17) is 5.73 Å². The van der Waals surface area contributed by atoms with E-state index in [1.54, 1.807) is 0 Å². The van der Waals surface area contributed by atoms with Crippen LogP contribution >= 0.6 is 0 Å². The summed E-state index contributed by atoms with van der Waals surface area (Å²) in [5.74, 6) is 0.151. The molecule has 1 aromatic carbocycles. The summed E-state index contributed by atoms with van der Waals surface area (Å²) in [6.45, 7) is 10.4. The average Bonchev–Trinajstić information content (AvgIpc) is 2.51. The standard InChI is InChI=1S/C17H27N3O/c1-4-16(12-18)19-7-9-20(10-8-19)17(21)15-6-5-13(2)14(3)11-15/h5-6,11,16H,4,7-10,12,18H2,1-3H3. The molecule has 0 bridgehead atoms. The van der Waals surface area contributed by atoms with Crippen LogP contribution in [0.15, 0.2) is 18.2 Å². The van der Waals surface area contributed by atoms with Crippen molar-refractivity contribution in [3.63, 3.8) is 0 Å². The van der Waals surface area contributed by atoms with Crippen molar-refractivity contribution in [2.45, 2.75) is 33.2 Å². The summed E-state index contributed by atoms with van der Waals surface area (Å²) in [5, 5.41) is 0. The molecule has 2 rings (SSSR count). The zero-order valence-corrected chi connectivity index (χ0v) is 13.4. The molecule has 0 spiro atoms. The Morgan fingerprint density at radius 3 is 2.38 bits per heavy atom. The van der Waals surface area contributed by atoms with E-state index in [-0.39, 0.29) is 5.91 Å². The second kappa shape index (κ2) is 7.05. The highest BCUT2D eigenvalue weighted by Gasteiger charge is 2.25. The maximum absolute atomic E-state index is 12.6. The minimum atomic E-state index is 0.151. The molecule has 4 heteroatoms. The highest BCUT2D eigenvalue weighted by molar-refractivity contribution is 5.94. The first-order valence-corrected chi connectivity index (χ1v) is 7.87. The van der Waals surface area contributed by atoms with Crippen LogP contribution in [0.5, 0.6) is 0 Å². The molecule has 1 unspecified atom stereocenters. The van der Waals surface area contributed by atoms with Crippen molar-refractivity contribution >= 4 is 5.91 Å². The summed E-state index contributed by atoms with van der Waals surface area (Å²) >= 11 is 0. The molecule has 21 heavy (non-hydrogen) atoms. The number of aryl methyl sites for hydroxylation is 2. The second-order valence-electron chi connectivity index (χ2n) is 5.92. The fourth-order valence-corrected chi connectivity index (χ4v) is 2.92. The molecule has 0 aliphatic carbocycles. The quantitative estimate of drug-likeness (QED) is 0.919. The topological polar surface area (TPSA) is 49.6 Å². The molecule has 1 aromatic rings. The Morgan fingerprint density at radius 1 is 1.19 bits per heavy atom. The first kappa shape index (κ1) is 16.0. The predicted molar refractivity (Wildman–Crippen MR) is 86.5 cm³/mol. The summed E-state index contributed by atoms with van der Waals surface area (Å²) in [5.41, 5.74) is 9.01. The van der Waals surface area contributed by atoms with Crippen LogP contribution in [0.2, 0.25) is 0 Å². The largest absolute Gasteiger partial charge is 0.336 e. The van der Waals surface area contributed by atoms with Crippen molar-refractivity contribution in [1.29, 1.82) is 0 Å². The van der Waals surface area contributed by atoms with E-state index in [2.05, 4.69) is 25.7 Å². The van der Waals surface area contributed by atoms with Crippen molar-refractivity contribution in [3.8, 4) is 0 Å². The maximum atomic E-state index is 12.6. The number of piperazine rings is 1. The number of benzene rings is 1. The van der Waals surface area contributed by atoms with Gasteiger partial charge in [-0.25, -0.2) is 0 Å². The molecule has 0 saturated carbocycles. The highest BCUT2D eigenvalue weighted by Crippen LogP contribution is 2.15. The Bertz CT molecular complexity index is 489. The van der Waals surface area contributed by atoms with Gasteiger partial charge in [0.15, 0.2) is 0 Å². The Kier molecular flexibility index (Phi) is 5.37. The molecular formula is C17H27N3O. The summed E-state index contributed by atoms with van der Waals surface area (Å²) in [6, 6.07) is 6.41. The molecule has 1 saturated heterocycles. The van der Waals surface area contributed by atoms with E-state index in [0.717, 1.165) is 38.2 Å². The van der Waals surface area contributed by atoms with Crippen molar-refractivity contribution in [3.05, 3.63) is 34.9 Å². The Labute approximate surface area is 127 Å². The SMILES string of the molecule is CCC(CN)N1CCN(C(=O)c2ccc(C)c(C)c2)CC1. The number of carbonyl (C=O) groups excluding carboxylic acids is 1. The number of amides is 1. The molecule has 1 fully saturated rings. The van der Waals surface area contributed by atoms with E-state index >= 15 is 0 Å². The molecule has 2 N–H and O–H groups in total. The van der Waals surface area contributed by atoms with Crippen LogP contribution in [-0.4, -0.2) is 54.5 Å². The lowest BCUT2D eigenvalue weighted by molar-refractivity contribution is 0.0571. The zero-order valence-electron chi connectivity index (χ0n) is 13.4. The van der Waals surface area contributed by atoms with E-state index in [1.165, 1.54) is 11.1 Å². The summed E-state index contributed by atoms with van der Waals surface area (Å²) in [4.78, 5) is 16.9. The van der Waals surface area contributed by atoms with Gasteiger partial charge in [0.05, 0.1) is 0 Å². The predicted octanol–water partition coefficient (Wildman–Crippen LogP) is 1.80. The van der Waals surface area contributed by atoms with Gasteiger partial charge in [-0.05, 0) is 43.5 Å². The lowest BCUT2D eigenvalue weighted by Gasteiger charge is -2.38. The van der Waals surface area contributed by atoms with Crippen LogP contribution in [0.4, 0.5) is 0 Å². The highest BCUT2D eigenvalue weighted by atomic mass is 16.2. The van der Waals surface area contributed by atoms with Crippen LogP contribution in [0.1, 0.15) is 34.8 Å². The molecule has 0 aromatic heterocycles. The van der Waals surface area contributed by atoms with Crippen LogP contribution < -0.4 is 5.73 Å². The Balaban J connectivity index is 1.98. The van der Waals surface area contributed by atoms with Gasteiger partial charge in [-0.1, -0.05) is 13.0 Å². The summed E-state index contributed by atoms with van der Waals surface area (Å²) in [6.07, 6.45) is 1.07. The van der Waals surface area contributed by atoms with Crippen molar-refractivity contribution < 1.29 is 4.79 Å². The van der Waals surface area contributed by atoms with Crippen molar-refractivity contribution in [2.24, 2.45) is 5.73 Å². The Hall–Kier alpha value is -1.39. The fraction of sp³-hybridized carbons (Fsp3) is 0.588. The van der Waals surface area contributed by atoms with E-state index < -0.39 is 0 Å². The number of hydrogen-bond acceptors (Lipinski definition) is 3. The number of carbonyl (C=O) groups is 1. The minimum absolute atomic E-state index is 0.151. The van der Waals surface area contributed by atoms with Gasteiger partial charge < -0.3 is 10.6 Å². The Morgan fingerprint density at radius 2 is 1.86 bits per heavy atom. The van der Waals surface area contributed by atoms with Crippen LogP contribution in [0.25, 0.3) is 0 Å². The summed E-state index contributed by atoms with van der Waals surface area (Å²) < 4.78 is 0. The molecule has 1 aliphatic rings. The number of nitrogens with zero attached hydrogens (tertiary/aromatic N) is 2. The van der Waals surface area contributed by atoms with E-state index in [1.807, 2.05) is 23.1 Å². The lowest BCUT2D eigenvalue weighted by Crippen LogP contribution is -2.53. The molecule has 4 nitrogen and oxygen atoms in total. The summed E-state index contributed by atoms with van der Waals surface area (Å²) in [7, 11) is 0. The molecule has 116 valence electrons. The van der Waals surface area contributed by atoms with E-state index in [0.29, 0.717) is 12.6 Å². The van der Waals surface area contributed by atoms with Crippen molar-refractivity contribution in [1.82, 2.24) is 9.80 Å². The van der Waals surface area contributed by atoms with Gasteiger partial charge in [-0.15, -0.1) is 0 Å². The number of hydrogen-bond donors (Lipinski definition) is 1. The van der Waals surface area contributed by atoms with Gasteiger partial charge in [-0.2, -0.15) is 0 Å². The molecule has 1 amide bonds. The third kappa shape index (κ3) is 3.63. The van der Waals surface area contributed by atoms with Gasteiger partial charge in [0.25, 0.3) is 5.91 Å². The van der Waals surface area contributed by atoms with Gasteiger partial charge in [-0.3, -0.25) is 9.69 Å². The minimum Gasteiger partial charge on any atom is -0.336 e. The molecular weight excluding hydrogens is 262 g/mol. The third-order valence-corrected chi connectivity index (χ3v) is 4.62. The monoisotopic (exact) mass is 289 g/mol. The van der Waals surface area contributed by atoms with Crippen LogP contribution in [-0.2, 0) is 0 Å². The van der Waals surface area contributed by atoms with E-state index in [9.17, 15) is 4.79 Å². The van der Waals surface area contributed by atoms with Gasteiger partial charge >= 0.3 is 0 Å². The van der Waals surface area contributed by atoms with Crippen molar-refractivity contribution in [2.75, 3.05) is 32.7 Å². The number of rotatable bonds is 4. The van der Waals surface area contributed by atoms with Gasteiger partial charge in [0.2, 0.25) is 0 Å². The average molecular weight is 289 g/mol. The maximum Gasteiger partial charge on any atom is 0.253 e. The normalized spacial score (nSPS) is 17.8. The molecule has 1 aliphatic heterocycles.